The fourth-order valence-corrected chi connectivity index (χ4v) is 4.51. The molecule has 7 heteroatoms. The van der Waals surface area contributed by atoms with Gasteiger partial charge in [-0.2, -0.15) is 19.6 Å². The average Bonchev–Trinajstić information content (AvgIpc) is 3.17. The molecule has 1 aliphatic carbocycles. The van der Waals surface area contributed by atoms with Crippen LogP contribution in [-0.4, -0.2) is 38.8 Å². The Kier molecular flexibility index (Phi) is 5.76. The maximum Gasteiger partial charge on any atom is 0.322 e. The van der Waals surface area contributed by atoms with Crippen molar-refractivity contribution in [3.8, 4) is 6.01 Å². The van der Waals surface area contributed by atoms with E-state index in [4.69, 9.17) is 14.7 Å². The summed E-state index contributed by atoms with van der Waals surface area (Å²) in [5, 5.41) is 11.5. The maximum absolute atomic E-state index is 6.18. The number of piperidine rings is 1. The summed E-state index contributed by atoms with van der Waals surface area (Å²) >= 11 is 0. The van der Waals surface area contributed by atoms with Crippen LogP contribution in [0.15, 0.2) is 30.5 Å². The van der Waals surface area contributed by atoms with E-state index in [1.54, 1.807) is 0 Å². The zero-order valence-corrected chi connectivity index (χ0v) is 18.5. The number of hydrogen-bond donors (Lipinski definition) is 2. The zero-order valence-electron chi connectivity index (χ0n) is 18.5. The first-order chi connectivity index (χ1) is 15.2. The summed E-state index contributed by atoms with van der Waals surface area (Å²) in [5.74, 6) is 1.70. The Labute approximate surface area is 183 Å². The number of rotatable bonds is 7. The predicted octanol–water partition coefficient (Wildman–Crippen LogP) is 4.26. The van der Waals surface area contributed by atoms with Crippen LogP contribution in [0.4, 0.5) is 5.95 Å². The summed E-state index contributed by atoms with van der Waals surface area (Å²) in [6, 6.07) is 9.17. The highest BCUT2D eigenvalue weighted by Crippen LogP contribution is 2.38. The van der Waals surface area contributed by atoms with Crippen molar-refractivity contribution in [1.29, 1.82) is 0 Å². The van der Waals surface area contributed by atoms with Crippen LogP contribution >= 0.6 is 0 Å². The van der Waals surface area contributed by atoms with Gasteiger partial charge in [-0.1, -0.05) is 44.5 Å². The molecule has 2 aromatic heterocycles. The summed E-state index contributed by atoms with van der Waals surface area (Å²) in [5.41, 5.74) is 4.71. The van der Waals surface area contributed by atoms with Crippen molar-refractivity contribution in [3.05, 3.63) is 47.2 Å². The molecule has 1 aliphatic heterocycles. The molecule has 31 heavy (non-hydrogen) atoms. The summed E-state index contributed by atoms with van der Waals surface area (Å²) in [6.07, 6.45) is 8.05. The molecule has 1 saturated heterocycles. The van der Waals surface area contributed by atoms with Crippen LogP contribution in [0, 0.1) is 0 Å². The molecule has 0 amide bonds. The standard InChI is InChI=1S/C24H32N6O/c1-16(2)21-15-27-30-22(21)28-24(31-19-10-6-12-25-14-19)29-23(30)26-13-18-7-3-4-11-20(18)17-8-5-9-17/h3-4,7,11,15-17,19,25H,5-6,8-10,12-14H2,1-2H3,(H,26,28,29)/t19-/m1/s1. The summed E-state index contributed by atoms with van der Waals surface area (Å²) < 4.78 is 8.00. The van der Waals surface area contributed by atoms with Crippen LogP contribution in [0.3, 0.4) is 0 Å². The first-order valence-corrected chi connectivity index (χ1v) is 11.6. The SMILES string of the molecule is CC(C)c1cnn2c(NCc3ccccc3C3CCC3)nc(O[C@@H]3CCCNC3)nc12. The monoisotopic (exact) mass is 420 g/mol. The molecule has 2 aliphatic rings. The molecule has 0 spiro atoms. The topological polar surface area (TPSA) is 76.4 Å². The van der Waals surface area contributed by atoms with E-state index in [9.17, 15) is 0 Å². The van der Waals surface area contributed by atoms with E-state index in [0.29, 0.717) is 30.3 Å². The Morgan fingerprint density at radius 3 is 2.77 bits per heavy atom. The quantitative estimate of drug-likeness (QED) is 0.595. The van der Waals surface area contributed by atoms with Gasteiger partial charge in [0.2, 0.25) is 5.95 Å². The Balaban J connectivity index is 1.44. The van der Waals surface area contributed by atoms with Gasteiger partial charge in [-0.3, -0.25) is 0 Å². The molecule has 2 N–H and O–H groups in total. The number of aromatic nitrogens is 4. The van der Waals surface area contributed by atoms with Crippen LogP contribution < -0.4 is 15.4 Å². The molecule has 7 nitrogen and oxygen atoms in total. The highest BCUT2D eigenvalue weighted by atomic mass is 16.5. The minimum atomic E-state index is 0.105. The van der Waals surface area contributed by atoms with Crippen molar-refractivity contribution in [2.45, 2.75) is 70.4 Å². The van der Waals surface area contributed by atoms with Gasteiger partial charge < -0.3 is 15.4 Å². The van der Waals surface area contributed by atoms with Gasteiger partial charge in [0.1, 0.15) is 6.10 Å². The largest absolute Gasteiger partial charge is 0.459 e. The second-order valence-electron chi connectivity index (χ2n) is 9.09. The lowest BCUT2D eigenvalue weighted by Crippen LogP contribution is -2.37. The van der Waals surface area contributed by atoms with Gasteiger partial charge in [0.05, 0.1) is 6.20 Å². The summed E-state index contributed by atoms with van der Waals surface area (Å²) in [4.78, 5) is 9.45. The molecule has 0 radical (unpaired) electrons. The Morgan fingerprint density at radius 1 is 1.16 bits per heavy atom. The van der Waals surface area contributed by atoms with Crippen molar-refractivity contribution < 1.29 is 4.74 Å². The zero-order chi connectivity index (χ0) is 21.2. The fraction of sp³-hybridized carbons (Fsp3) is 0.542. The number of hydrogen-bond acceptors (Lipinski definition) is 6. The minimum absolute atomic E-state index is 0.105. The molecule has 2 fully saturated rings. The fourth-order valence-electron chi connectivity index (χ4n) is 4.51. The van der Waals surface area contributed by atoms with Crippen molar-refractivity contribution >= 4 is 11.6 Å². The van der Waals surface area contributed by atoms with E-state index in [0.717, 1.165) is 37.1 Å². The van der Waals surface area contributed by atoms with Crippen molar-refractivity contribution in [2.75, 3.05) is 18.4 Å². The number of fused-ring (bicyclic) bond motifs is 1. The minimum Gasteiger partial charge on any atom is -0.459 e. The lowest BCUT2D eigenvalue weighted by molar-refractivity contribution is 0.153. The van der Waals surface area contributed by atoms with E-state index in [1.165, 1.54) is 30.4 Å². The summed E-state index contributed by atoms with van der Waals surface area (Å²) in [6.45, 7) is 6.91. The number of anilines is 1. The molecule has 3 aromatic rings. The molecule has 5 rings (SSSR count). The predicted molar refractivity (Wildman–Crippen MR) is 122 cm³/mol. The van der Waals surface area contributed by atoms with Crippen molar-refractivity contribution in [3.63, 3.8) is 0 Å². The third-order valence-electron chi connectivity index (χ3n) is 6.56. The van der Waals surface area contributed by atoms with Crippen LogP contribution in [0.2, 0.25) is 0 Å². The maximum atomic E-state index is 6.18. The normalized spacial score (nSPS) is 19.5. The van der Waals surface area contributed by atoms with Gasteiger partial charge in [0, 0.05) is 18.7 Å². The first-order valence-electron chi connectivity index (χ1n) is 11.6. The highest BCUT2D eigenvalue weighted by Gasteiger charge is 2.23. The Hall–Kier alpha value is -2.67. The van der Waals surface area contributed by atoms with E-state index in [-0.39, 0.29) is 6.10 Å². The van der Waals surface area contributed by atoms with E-state index in [2.05, 4.69) is 53.8 Å². The first kappa shape index (κ1) is 20.2. The van der Waals surface area contributed by atoms with Crippen LogP contribution in [-0.2, 0) is 6.54 Å². The molecule has 164 valence electrons. The van der Waals surface area contributed by atoms with Crippen LogP contribution in [0.5, 0.6) is 6.01 Å². The number of ether oxygens (including phenoxy) is 1. The molecule has 0 unspecified atom stereocenters. The van der Waals surface area contributed by atoms with Crippen molar-refractivity contribution in [2.24, 2.45) is 0 Å². The molecule has 1 aromatic carbocycles. The Morgan fingerprint density at radius 2 is 2.03 bits per heavy atom. The summed E-state index contributed by atoms with van der Waals surface area (Å²) in [7, 11) is 0. The van der Waals surface area contributed by atoms with E-state index < -0.39 is 0 Å². The van der Waals surface area contributed by atoms with Gasteiger partial charge >= 0.3 is 6.01 Å². The molecule has 3 heterocycles. The third kappa shape index (κ3) is 4.24. The van der Waals surface area contributed by atoms with E-state index in [1.807, 2.05) is 10.7 Å². The molecular formula is C24H32N6O. The van der Waals surface area contributed by atoms with Crippen LogP contribution in [0.25, 0.3) is 5.65 Å². The lowest BCUT2D eigenvalue weighted by Gasteiger charge is -2.28. The number of nitrogens with one attached hydrogen (secondary N) is 2. The molecule has 0 bridgehead atoms. The average molecular weight is 421 g/mol. The van der Waals surface area contributed by atoms with Crippen LogP contribution in [0.1, 0.15) is 74.5 Å². The van der Waals surface area contributed by atoms with Gasteiger partial charge in [0.15, 0.2) is 5.65 Å². The van der Waals surface area contributed by atoms with Gasteiger partial charge in [-0.05, 0) is 55.2 Å². The smallest absolute Gasteiger partial charge is 0.322 e. The lowest BCUT2D eigenvalue weighted by atomic mass is 9.78. The Bertz CT molecular complexity index is 1040. The van der Waals surface area contributed by atoms with Crippen molar-refractivity contribution in [1.82, 2.24) is 24.9 Å². The number of nitrogens with zero attached hydrogens (tertiary/aromatic N) is 4. The van der Waals surface area contributed by atoms with Gasteiger partial charge in [-0.15, -0.1) is 0 Å². The number of benzene rings is 1. The third-order valence-corrected chi connectivity index (χ3v) is 6.56. The molecule has 1 atom stereocenters. The van der Waals surface area contributed by atoms with Gasteiger partial charge in [-0.25, -0.2) is 0 Å². The molecular weight excluding hydrogens is 388 g/mol. The van der Waals surface area contributed by atoms with Gasteiger partial charge in [0.25, 0.3) is 0 Å². The second kappa shape index (κ2) is 8.83. The molecule has 1 saturated carbocycles. The second-order valence-corrected chi connectivity index (χ2v) is 9.09. The van der Waals surface area contributed by atoms with E-state index >= 15 is 0 Å². The highest BCUT2D eigenvalue weighted by molar-refractivity contribution is 5.53.